The molecule has 0 radical (unpaired) electrons. The van der Waals surface area contributed by atoms with Gasteiger partial charge in [-0.05, 0) is 44.7 Å². The number of methoxy groups -OCH3 is 1. The normalized spacial score (nSPS) is 13.4. The number of esters is 1. The standard InChI is InChI=1S/C16H26N2O3/c1-6-17-16(3,15(19)21-7-2)12-18(4)13-8-10-14(20-5)11-9-13/h8-11,17H,6-7,12H2,1-5H3. The highest BCUT2D eigenvalue weighted by Crippen LogP contribution is 2.20. The number of rotatable bonds is 8. The third-order valence-electron chi connectivity index (χ3n) is 3.36. The van der Waals surface area contributed by atoms with Crippen LogP contribution in [-0.2, 0) is 9.53 Å². The Hall–Kier alpha value is -1.75. The highest BCUT2D eigenvalue weighted by atomic mass is 16.5. The van der Waals surface area contributed by atoms with Crippen LogP contribution in [-0.4, -0.2) is 45.4 Å². The Morgan fingerprint density at radius 1 is 1.29 bits per heavy atom. The number of nitrogens with one attached hydrogen (secondary N) is 1. The molecule has 0 aliphatic carbocycles. The van der Waals surface area contributed by atoms with Gasteiger partial charge < -0.3 is 19.7 Å². The molecule has 1 rings (SSSR count). The third kappa shape index (κ3) is 4.63. The van der Waals surface area contributed by atoms with Gasteiger partial charge in [0.1, 0.15) is 11.3 Å². The Balaban J connectivity index is 2.83. The van der Waals surface area contributed by atoms with Crippen LogP contribution in [0.2, 0.25) is 0 Å². The molecule has 1 N–H and O–H groups in total. The van der Waals surface area contributed by atoms with Crippen molar-refractivity contribution in [2.75, 3.05) is 38.8 Å². The monoisotopic (exact) mass is 294 g/mol. The van der Waals surface area contributed by atoms with E-state index >= 15 is 0 Å². The number of anilines is 1. The predicted molar refractivity (Wildman–Crippen MR) is 85.0 cm³/mol. The van der Waals surface area contributed by atoms with Crippen LogP contribution in [0.4, 0.5) is 5.69 Å². The lowest BCUT2D eigenvalue weighted by atomic mass is 10.0. The lowest BCUT2D eigenvalue weighted by Gasteiger charge is -2.33. The molecule has 0 saturated heterocycles. The maximum Gasteiger partial charge on any atom is 0.327 e. The highest BCUT2D eigenvalue weighted by Gasteiger charge is 2.35. The van der Waals surface area contributed by atoms with Gasteiger partial charge in [0.15, 0.2) is 0 Å². The molecular weight excluding hydrogens is 268 g/mol. The zero-order valence-corrected chi connectivity index (χ0v) is 13.6. The van der Waals surface area contributed by atoms with Crippen molar-refractivity contribution in [1.82, 2.24) is 5.32 Å². The maximum absolute atomic E-state index is 12.2. The zero-order valence-electron chi connectivity index (χ0n) is 13.6. The Bertz CT molecular complexity index is 447. The molecule has 0 aliphatic rings. The van der Waals surface area contributed by atoms with E-state index < -0.39 is 5.54 Å². The first-order valence-corrected chi connectivity index (χ1v) is 7.24. The topological polar surface area (TPSA) is 50.8 Å². The molecule has 21 heavy (non-hydrogen) atoms. The van der Waals surface area contributed by atoms with Crippen molar-refractivity contribution in [1.29, 1.82) is 0 Å². The second kappa shape index (κ2) is 7.88. The maximum atomic E-state index is 12.2. The number of nitrogens with zero attached hydrogens (tertiary/aromatic N) is 1. The Morgan fingerprint density at radius 2 is 1.90 bits per heavy atom. The van der Waals surface area contributed by atoms with E-state index in [9.17, 15) is 4.79 Å². The van der Waals surface area contributed by atoms with Gasteiger partial charge in [0.25, 0.3) is 0 Å². The van der Waals surface area contributed by atoms with Crippen LogP contribution in [0, 0.1) is 0 Å². The summed E-state index contributed by atoms with van der Waals surface area (Å²) in [5.74, 6) is 0.583. The molecule has 5 heteroatoms. The molecule has 0 aliphatic heterocycles. The van der Waals surface area contributed by atoms with Gasteiger partial charge in [-0.3, -0.25) is 0 Å². The van der Waals surface area contributed by atoms with Crippen molar-refractivity contribution in [2.24, 2.45) is 0 Å². The van der Waals surface area contributed by atoms with E-state index in [0.29, 0.717) is 19.7 Å². The van der Waals surface area contributed by atoms with E-state index in [1.165, 1.54) is 0 Å². The lowest BCUT2D eigenvalue weighted by Crippen LogP contribution is -2.57. The molecule has 0 bridgehead atoms. The van der Waals surface area contributed by atoms with E-state index in [4.69, 9.17) is 9.47 Å². The largest absolute Gasteiger partial charge is 0.497 e. The highest BCUT2D eigenvalue weighted by molar-refractivity contribution is 5.81. The first-order valence-electron chi connectivity index (χ1n) is 7.24. The minimum absolute atomic E-state index is 0.229. The van der Waals surface area contributed by atoms with Crippen LogP contribution in [0.25, 0.3) is 0 Å². The summed E-state index contributed by atoms with van der Waals surface area (Å²) in [5.41, 5.74) is 0.281. The quantitative estimate of drug-likeness (QED) is 0.744. The summed E-state index contributed by atoms with van der Waals surface area (Å²) >= 11 is 0. The second-order valence-corrected chi connectivity index (χ2v) is 5.14. The van der Waals surface area contributed by atoms with Crippen molar-refractivity contribution in [3.8, 4) is 5.75 Å². The molecule has 1 atom stereocenters. The van der Waals surface area contributed by atoms with E-state index in [-0.39, 0.29) is 5.97 Å². The van der Waals surface area contributed by atoms with Gasteiger partial charge >= 0.3 is 5.97 Å². The molecule has 0 saturated carbocycles. The molecule has 0 spiro atoms. The number of hydrogen-bond donors (Lipinski definition) is 1. The van der Waals surface area contributed by atoms with Gasteiger partial charge in [-0.2, -0.15) is 0 Å². The minimum atomic E-state index is -0.737. The number of likely N-dealkylation sites (N-methyl/N-ethyl adjacent to an activating group) is 2. The van der Waals surface area contributed by atoms with E-state index in [2.05, 4.69) is 5.32 Å². The van der Waals surface area contributed by atoms with Crippen LogP contribution in [0.15, 0.2) is 24.3 Å². The van der Waals surface area contributed by atoms with E-state index in [0.717, 1.165) is 11.4 Å². The van der Waals surface area contributed by atoms with Crippen LogP contribution in [0.3, 0.4) is 0 Å². The minimum Gasteiger partial charge on any atom is -0.497 e. The van der Waals surface area contributed by atoms with E-state index in [1.807, 2.05) is 57.0 Å². The molecule has 1 aromatic carbocycles. The second-order valence-electron chi connectivity index (χ2n) is 5.14. The van der Waals surface area contributed by atoms with Crippen molar-refractivity contribution < 1.29 is 14.3 Å². The summed E-state index contributed by atoms with van der Waals surface area (Å²) in [7, 11) is 3.60. The van der Waals surface area contributed by atoms with E-state index in [1.54, 1.807) is 7.11 Å². The molecule has 118 valence electrons. The molecule has 0 heterocycles. The molecule has 0 aromatic heterocycles. The first-order chi connectivity index (χ1) is 9.96. The fourth-order valence-corrected chi connectivity index (χ4v) is 2.28. The third-order valence-corrected chi connectivity index (χ3v) is 3.36. The number of benzene rings is 1. The number of hydrogen-bond acceptors (Lipinski definition) is 5. The van der Waals surface area contributed by atoms with Gasteiger partial charge in [-0.15, -0.1) is 0 Å². The number of ether oxygens (including phenoxy) is 2. The molecule has 5 nitrogen and oxygen atoms in total. The Kier molecular flexibility index (Phi) is 6.49. The van der Waals surface area contributed by atoms with Gasteiger partial charge in [-0.25, -0.2) is 4.79 Å². The molecule has 1 aromatic rings. The Morgan fingerprint density at radius 3 is 2.38 bits per heavy atom. The van der Waals surface area contributed by atoms with Crippen LogP contribution >= 0.6 is 0 Å². The summed E-state index contributed by atoms with van der Waals surface area (Å²) < 4.78 is 10.3. The van der Waals surface area contributed by atoms with Gasteiger partial charge in [0.05, 0.1) is 13.7 Å². The van der Waals surface area contributed by atoms with Crippen molar-refractivity contribution in [3.63, 3.8) is 0 Å². The van der Waals surface area contributed by atoms with Gasteiger partial charge in [0, 0.05) is 19.3 Å². The first kappa shape index (κ1) is 17.3. The summed E-state index contributed by atoms with van der Waals surface area (Å²) in [6.45, 7) is 7.26. The number of carbonyl (C=O) groups is 1. The average molecular weight is 294 g/mol. The van der Waals surface area contributed by atoms with Gasteiger partial charge in [0.2, 0.25) is 0 Å². The molecular formula is C16H26N2O3. The van der Waals surface area contributed by atoms with Crippen LogP contribution < -0.4 is 15.0 Å². The fourth-order valence-electron chi connectivity index (χ4n) is 2.28. The molecule has 0 fully saturated rings. The summed E-state index contributed by atoms with van der Waals surface area (Å²) in [4.78, 5) is 14.2. The summed E-state index contributed by atoms with van der Waals surface area (Å²) in [6, 6.07) is 7.74. The average Bonchev–Trinajstić information content (AvgIpc) is 2.47. The summed E-state index contributed by atoms with van der Waals surface area (Å²) in [6.07, 6.45) is 0. The smallest absolute Gasteiger partial charge is 0.327 e. The van der Waals surface area contributed by atoms with Crippen LogP contribution in [0.5, 0.6) is 5.75 Å². The SMILES string of the molecule is CCNC(C)(CN(C)c1ccc(OC)cc1)C(=O)OCC. The van der Waals surface area contributed by atoms with Crippen molar-refractivity contribution >= 4 is 11.7 Å². The lowest BCUT2D eigenvalue weighted by molar-refractivity contribution is -0.150. The molecule has 1 unspecified atom stereocenters. The molecule has 0 amide bonds. The zero-order chi connectivity index (χ0) is 15.9. The van der Waals surface area contributed by atoms with Crippen molar-refractivity contribution in [3.05, 3.63) is 24.3 Å². The predicted octanol–water partition coefficient (Wildman–Crippen LogP) is 2.06. The Labute approximate surface area is 127 Å². The summed E-state index contributed by atoms with van der Waals surface area (Å²) in [5, 5.41) is 3.23. The van der Waals surface area contributed by atoms with Crippen molar-refractivity contribution in [2.45, 2.75) is 26.3 Å². The fraction of sp³-hybridized carbons (Fsp3) is 0.562. The van der Waals surface area contributed by atoms with Gasteiger partial charge in [-0.1, -0.05) is 6.92 Å². The number of carbonyl (C=O) groups excluding carboxylic acids is 1. The van der Waals surface area contributed by atoms with Crippen LogP contribution in [0.1, 0.15) is 20.8 Å².